The minimum atomic E-state index is 0.707. The van der Waals surface area contributed by atoms with E-state index in [-0.39, 0.29) is 0 Å². The number of hydrogen-bond acceptors (Lipinski definition) is 2. The third-order valence-electron chi connectivity index (χ3n) is 2.35. The van der Waals surface area contributed by atoms with Crippen molar-refractivity contribution in [2.24, 2.45) is 5.92 Å². The normalized spacial score (nSPS) is 34.2. The molecule has 1 saturated heterocycles. The maximum atomic E-state index is 3.51. The van der Waals surface area contributed by atoms with E-state index in [4.69, 9.17) is 0 Å². The second-order valence-electron chi connectivity index (χ2n) is 3.24. The zero-order chi connectivity index (χ0) is 7.40. The fourth-order valence-electron chi connectivity index (χ4n) is 1.61. The highest BCUT2D eigenvalue weighted by Gasteiger charge is 2.18. The summed E-state index contributed by atoms with van der Waals surface area (Å²) >= 11 is 0. The Morgan fingerprint density at radius 1 is 1.60 bits per heavy atom. The molecule has 1 aliphatic heterocycles. The molecule has 1 aliphatic rings. The molecule has 2 heteroatoms. The third kappa shape index (κ3) is 1.96. The minimum Gasteiger partial charge on any atom is -0.318 e. The number of rotatable bonds is 2. The molecule has 0 aliphatic carbocycles. The van der Waals surface area contributed by atoms with E-state index in [1.165, 1.54) is 19.4 Å². The van der Waals surface area contributed by atoms with Gasteiger partial charge < -0.3 is 10.6 Å². The topological polar surface area (TPSA) is 24.1 Å². The third-order valence-corrected chi connectivity index (χ3v) is 2.35. The van der Waals surface area contributed by atoms with Gasteiger partial charge in [-0.2, -0.15) is 0 Å². The van der Waals surface area contributed by atoms with Crippen LogP contribution in [0.15, 0.2) is 0 Å². The largest absolute Gasteiger partial charge is 0.318 e. The van der Waals surface area contributed by atoms with Gasteiger partial charge in [-0.05, 0) is 32.4 Å². The summed E-state index contributed by atoms with van der Waals surface area (Å²) in [6.07, 6.45) is 2.74. The molecule has 2 atom stereocenters. The zero-order valence-corrected chi connectivity index (χ0v) is 6.98. The van der Waals surface area contributed by atoms with Gasteiger partial charge in [-0.15, -0.1) is 0 Å². The summed E-state index contributed by atoms with van der Waals surface area (Å²) in [6.45, 7) is 4.64. The summed E-state index contributed by atoms with van der Waals surface area (Å²) in [7, 11) is 2.02. The van der Waals surface area contributed by atoms with Gasteiger partial charge in [0.05, 0.1) is 0 Å². The Kier molecular flexibility index (Phi) is 3.16. The van der Waals surface area contributed by atoms with Crippen LogP contribution in [0, 0.1) is 5.92 Å². The fraction of sp³-hybridized carbons (Fsp3) is 1.00. The standard InChI is InChI=1S/C8H18N2/c1-7-4-3-5-10-8(7)6-9-2/h7-10H,3-6H2,1-2H3/t7-,8-/m1/s1. The van der Waals surface area contributed by atoms with Gasteiger partial charge in [0.15, 0.2) is 0 Å². The summed E-state index contributed by atoms with van der Waals surface area (Å²) in [5.41, 5.74) is 0. The van der Waals surface area contributed by atoms with Gasteiger partial charge in [-0.3, -0.25) is 0 Å². The van der Waals surface area contributed by atoms with E-state index in [9.17, 15) is 0 Å². The molecule has 10 heavy (non-hydrogen) atoms. The molecule has 0 spiro atoms. The van der Waals surface area contributed by atoms with E-state index in [1.54, 1.807) is 0 Å². The van der Waals surface area contributed by atoms with Crippen LogP contribution in [0.1, 0.15) is 19.8 Å². The summed E-state index contributed by atoms with van der Waals surface area (Å²) in [6, 6.07) is 0.707. The van der Waals surface area contributed by atoms with Crippen molar-refractivity contribution in [1.29, 1.82) is 0 Å². The van der Waals surface area contributed by atoms with Crippen molar-refractivity contribution in [1.82, 2.24) is 10.6 Å². The first kappa shape index (κ1) is 8.02. The van der Waals surface area contributed by atoms with Gasteiger partial charge in [0.2, 0.25) is 0 Å². The summed E-state index contributed by atoms with van der Waals surface area (Å²) < 4.78 is 0. The molecule has 60 valence electrons. The molecule has 0 aromatic heterocycles. The predicted molar refractivity (Wildman–Crippen MR) is 44.1 cm³/mol. The first-order valence-electron chi connectivity index (χ1n) is 4.22. The van der Waals surface area contributed by atoms with E-state index in [0.29, 0.717) is 6.04 Å². The monoisotopic (exact) mass is 142 g/mol. The van der Waals surface area contributed by atoms with Gasteiger partial charge in [0.25, 0.3) is 0 Å². The van der Waals surface area contributed by atoms with Gasteiger partial charge in [-0.25, -0.2) is 0 Å². The van der Waals surface area contributed by atoms with Crippen molar-refractivity contribution >= 4 is 0 Å². The quantitative estimate of drug-likeness (QED) is 0.590. The molecule has 0 amide bonds. The molecule has 1 heterocycles. The average molecular weight is 142 g/mol. The Bertz CT molecular complexity index is 91.3. The molecular formula is C8H18N2. The van der Waals surface area contributed by atoms with E-state index in [1.807, 2.05) is 7.05 Å². The SMILES string of the molecule is CNC[C@H]1NCCC[C@H]1C. The van der Waals surface area contributed by atoms with E-state index in [2.05, 4.69) is 17.6 Å². The average Bonchev–Trinajstić information content (AvgIpc) is 1.94. The Morgan fingerprint density at radius 2 is 2.40 bits per heavy atom. The molecule has 2 nitrogen and oxygen atoms in total. The van der Waals surface area contributed by atoms with Crippen molar-refractivity contribution in [3.8, 4) is 0 Å². The minimum absolute atomic E-state index is 0.707. The number of hydrogen-bond donors (Lipinski definition) is 2. The van der Waals surface area contributed by atoms with E-state index < -0.39 is 0 Å². The second-order valence-corrected chi connectivity index (χ2v) is 3.24. The van der Waals surface area contributed by atoms with Gasteiger partial charge >= 0.3 is 0 Å². The van der Waals surface area contributed by atoms with Crippen LogP contribution in [0.2, 0.25) is 0 Å². The highest BCUT2D eigenvalue weighted by molar-refractivity contribution is 4.79. The molecule has 0 bridgehead atoms. The molecule has 1 rings (SSSR count). The lowest BCUT2D eigenvalue weighted by Crippen LogP contribution is -2.45. The predicted octanol–water partition coefficient (Wildman–Crippen LogP) is 0.594. The molecular weight excluding hydrogens is 124 g/mol. The van der Waals surface area contributed by atoms with Crippen molar-refractivity contribution in [2.45, 2.75) is 25.8 Å². The lowest BCUT2D eigenvalue weighted by molar-refractivity contribution is 0.295. The number of piperidine rings is 1. The van der Waals surface area contributed by atoms with Crippen LogP contribution in [-0.2, 0) is 0 Å². The molecule has 0 aromatic rings. The maximum absolute atomic E-state index is 3.51. The summed E-state index contributed by atoms with van der Waals surface area (Å²) in [4.78, 5) is 0. The zero-order valence-electron chi connectivity index (χ0n) is 6.98. The van der Waals surface area contributed by atoms with Crippen LogP contribution < -0.4 is 10.6 Å². The Morgan fingerprint density at radius 3 is 3.00 bits per heavy atom. The fourth-order valence-corrected chi connectivity index (χ4v) is 1.61. The highest BCUT2D eigenvalue weighted by atomic mass is 15.0. The molecule has 2 N–H and O–H groups in total. The molecule has 0 unspecified atom stereocenters. The van der Waals surface area contributed by atoms with Crippen molar-refractivity contribution in [3.05, 3.63) is 0 Å². The van der Waals surface area contributed by atoms with Crippen LogP contribution in [-0.4, -0.2) is 26.2 Å². The van der Waals surface area contributed by atoms with Crippen molar-refractivity contribution in [2.75, 3.05) is 20.1 Å². The smallest absolute Gasteiger partial charge is 0.0217 e. The molecule has 1 fully saturated rings. The Labute approximate surface area is 63.4 Å². The molecule has 0 radical (unpaired) electrons. The second kappa shape index (κ2) is 3.94. The maximum Gasteiger partial charge on any atom is 0.0217 e. The van der Waals surface area contributed by atoms with E-state index >= 15 is 0 Å². The van der Waals surface area contributed by atoms with Crippen LogP contribution in [0.25, 0.3) is 0 Å². The van der Waals surface area contributed by atoms with Crippen LogP contribution in [0.3, 0.4) is 0 Å². The molecule has 0 aromatic carbocycles. The summed E-state index contributed by atoms with van der Waals surface area (Å²) in [5.74, 6) is 0.848. The number of likely N-dealkylation sites (N-methyl/N-ethyl adjacent to an activating group) is 1. The van der Waals surface area contributed by atoms with Gasteiger partial charge in [-0.1, -0.05) is 6.92 Å². The van der Waals surface area contributed by atoms with Crippen LogP contribution in [0.5, 0.6) is 0 Å². The van der Waals surface area contributed by atoms with Crippen LogP contribution >= 0.6 is 0 Å². The van der Waals surface area contributed by atoms with Crippen molar-refractivity contribution in [3.63, 3.8) is 0 Å². The van der Waals surface area contributed by atoms with Gasteiger partial charge in [0.1, 0.15) is 0 Å². The lowest BCUT2D eigenvalue weighted by atomic mass is 9.93. The Hall–Kier alpha value is -0.0800. The van der Waals surface area contributed by atoms with Crippen LogP contribution in [0.4, 0.5) is 0 Å². The number of nitrogens with one attached hydrogen (secondary N) is 2. The lowest BCUT2D eigenvalue weighted by Gasteiger charge is -2.29. The highest BCUT2D eigenvalue weighted by Crippen LogP contribution is 2.14. The Balaban J connectivity index is 2.25. The van der Waals surface area contributed by atoms with Gasteiger partial charge in [0, 0.05) is 12.6 Å². The summed E-state index contributed by atoms with van der Waals surface area (Å²) in [5, 5.41) is 6.71. The van der Waals surface area contributed by atoms with Crippen molar-refractivity contribution < 1.29 is 0 Å². The van der Waals surface area contributed by atoms with E-state index in [0.717, 1.165) is 12.5 Å². The molecule has 0 saturated carbocycles. The first-order chi connectivity index (χ1) is 4.84. The first-order valence-corrected chi connectivity index (χ1v) is 4.22.